The summed E-state index contributed by atoms with van der Waals surface area (Å²) in [6.07, 6.45) is 4.34. The lowest BCUT2D eigenvalue weighted by atomic mass is 10.3. The number of hydrogen-bond acceptors (Lipinski definition) is 5. The average molecular weight is 342 g/mol. The fourth-order valence-electron chi connectivity index (χ4n) is 1.51. The Labute approximate surface area is 119 Å². The number of nitrogens with one attached hydrogen (secondary N) is 1. The lowest BCUT2D eigenvalue weighted by Crippen LogP contribution is -2.00. The van der Waals surface area contributed by atoms with Crippen LogP contribution in [-0.2, 0) is 9.84 Å². The summed E-state index contributed by atoms with van der Waals surface area (Å²) in [5.41, 5.74) is 7.76. The molecule has 0 aliphatic heterocycles. The number of nitrogen functional groups attached to an aromatic ring is 1. The zero-order valence-corrected chi connectivity index (χ0v) is 12.5. The van der Waals surface area contributed by atoms with E-state index in [9.17, 15) is 8.42 Å². The molecule has 1 aromatic carbocycles. The molecule has 2 rings (SSSR count). The first-order chi connectivity index (χ1) is 8.88. The van der Waals surface area contributed by atoms with Gasteiger partial charge in [0.15, 0.2) is 9.84 Å². The van der Waals surface area contributed by atoms with Gasteiger partial charge in [0.1, 0.15) is 0 Å². The van der Waals surface area contributed by atoms with Crippen molar-refractivity contribution in [1.82, 2.24) is 4.98 Å². The molecule has 0 bridgehead atoms. The van der Waals surface area contributed by atoms with Crippen LogP contribution in [0.5, 0.6) is 0 Å². The standard InChI is InChI=1S/C12H12BrN3O2S/c1-19(17,18)9-4-2-8(3-5-9)16-12-10(13)6-15-7-11(12)14/h2-7H,14H2,1H3,(H,15,16). The number of nitrogens with two attached hydrogens (primary N) is 1. The zero-order chi connectivity index (χ0) is 14.0. The molecule has 0 unspecified atom stereocenters. The van der Waals surface area contributed by atoms with Gasteiger partial charge in [0.2, 0.25) is 0 Å². The van der Waals surface area contributed by atoms with Crippen molar-refractivity contribution in [2.75, 3.05) is 17.3 Å². The van der Waals surface area contributed by atoms with Crippen LogP contribution >= 0.6 is 15.9 Å². The average Bonchev–Trinajstić information content (AvgIpc) is 2.33. The molecular weight excluding hydrogens is 330 g/mol. The van der Waals surface area contributed by atoms with Crippen LogP contribution < -0.4 is 11.1 Å². The smallest absolute Gasteiger partial charge is 0.175 e. The Balaban J connectivity index is 2.30. The Morgan fingerprint density at radius 3 is 2.37 bits per heavy atom. The van der Waals surface area contributed by atoms with Gasteiger partial charge in [0.25, 0.3) is 0 Å². The number of sulfone groups is 1. The number of halogens is 1. The minimum Gasteiger partial charge on any atom is -0.396 e. The van der Waals surface area contributed by atoms with Gasteiger partial charge in [-0.25, -0.2) is 8.42 Å². The maximum Gasteiger partial charge on any atom is 0.175 e. The second-order valence-corrected chi connectivity index (χ2v) is 6.88. The van der Waals surface area contributed by atoms with E-state index in [0.29, 0.717) is 11.4 Å². The molecule has 19 heavy (non-hydrogen) atoms. The van der Waals surface area contributed by atoms with Crippen LogP contribution in [-0.4, -0.2) is 19.7 Å². The summed E-state index contributed by atoms with van der Waals surface area (Å²) in [5.74, 6) is 0. The Morgan fingerprint density at radius 2 is 1.84 bits per heavy atom. The monoisotopic (exact) mass is 341 g/mol. The summed E-state index contributed by atoms with van der Waals surface area (Å²) < 4.78 is 23.4. The zero-order valence-electron chi connectivity index (χ0n) is 10.1. The predicted molar refractivity (Wildman–Crippen MR) is 79.2 cm³/mol. The first kappa shape index (κ1) is 13.8. The number of anilines is 3. The quantitative estimate of drug-likeness (QED) is 0.896. The molecule has 0 atom stereocenters. The highest BCUT2D eigenvalue weighted by Crippen LogP contribution is 2.30. The molecule has 100 valence electrons. The maximum absolute atomic E-state index is 11.4. The number of pyridine rings is 1. The molecule has 0 aliphatic carbocycles. The van der Waals surface area contributed by atoms with Crippen LogP contribution in [0.25, 0.3) is 0 Å². The number of nitrogens with zero attached hydrogens (tertiary/aromatic N) is 1. The summed E-state index contributed by atoms with van der Waals surface area (Å²) in [5, 5.41) is 3.11. The molecule has 0 radical (unpaired) electrons. The minimum atomic E-state index is -3.18. The Hall–Kier alpha value is -1.60. The lowest BCUT2D eigenvalue weighted by molar-refractivity contribution is 0.602. The fraction of sp³-hybridized carbons (Fsp3) is 0.0833. The van der Waals surface area contributed by atoms with E-state index in [4.69, 9.17) is 5.73 Å². The van der Waals surface area contributed by atoms with E-state index in [1.807, 2.05) is 0 Å². The summed E-state index contributed by atoms with van der Waals surface area (Å²) >= 11 is 3.35. The molecule has 0 saturated carbocycles. The SMILES string of the molecule is CS(=O)(=O)c1ccc(Nc2c(N)cncc2Br)cc1. The molecule has 0 fully saturated rings. The molecule has 7 heteroatoms. The van der Waals surface area contributed by atoms with Crippen molar-refractivity contribution in [3.05, 3.63) is 41.1 Å². The van der Waals surface area contributed by atoms with Crippen molar-refractivity contribution in [3.8, 4) is 0 Å². The van der Waals surface area contributed by atoms with Gasteiger partial charge in [0.05, 0.1) is 26.9 Å². The predicted octanol–water partition coefficient (Wildman–Crippen LogP) is 2.57. The minimum absolute atomic E-state index is 0.278. The van der Waals surface area contributed by atoms with Gasteiger partial charge in [-0.1, -0.05) is 0 Å². The van der Waals surface area contributed by atoms with Crippen LogP contribution in [0, 0.1) is 0 Å². The second-order valence-electron chi connectivity index (χ2n) is 4.01. The molecule has 0 amide bonds. The number of benzene rings is 1. The van der Waals surface area contributed by atoms with Gasteiger partial charge in [-0.3, -0.25) is 4.98 Å². The third kappa shape index (κ3) is 3.24. The van der Waals surface area contributed by atoms with Crippen LogP contribution in [0.3, 0.4) is 0 Å². The van der Waals surface area contributed by atoms with Gasteiger partial charge in [-0.2, -0.15) is 0 Å². The van der Waals surface area contributed by atoms with Crippen LogP contribution in [0.15, 0.2) is 46.0 Å². The highest BCUT2D eigenvalue weighted by atomic mass is 79.9. The summed E-state index contributed by atoms with van der Waals surface area (Å²) in [6, 6.07) is 6.46. The van der Waals surface area contributed by atoms with Crippen LogP contribution in [0.4, 0.5) is 17.1 Å². The highest BCUT2D eigenvalue weighted by Gasteiger charge is 2.08. The molecule has 5 nitrogen and oxygen atoms in total. The van der Waals surface area contributed by atoms with Crippen molar-refractivity contribution in [2.45, 2.75) is 4.90 Å². The van der Waals surface area contributed by atoms with E-state index in [1.54, 1.807) is 30.5 Å². The molecule has 0 aliphatic rings. The van der Waals surface area contributed by atoms with E-state index >= 15 is 0 Å². The largest absolute Gasteiger partial charge is 0.396 e. The van der Waals surface area contributed by atoms with Crippen LogP contribution in [0.2, 0.25) is 0 Å². The summed E-state index contributed by atoms with van der Waals surface area (Å²) in [7, 11) is -3.18. The Morgan fingerprint density at radius 1 is 1.21 bits per heavy atom. The van der Waals surface area contributed by atoms with E-state index in [0.717, 1.165) is 10.2 Å². The topological polar surface area (TPSA) is 85.1 Å². The highest BCUT2D eigenvalue weighted by molar-refractivity contribution is 9.10. The molecule has 3 N–H and O–H groups in total. The number of hydrogen-bond donors (Lipinski definition) is 2. The van der Waals surface area contributed by atoms with Gasteiger partial charge in [-0.05, 0) is 40.2 Å². The van der Waals surface area contributed by atoms with Crippen molar-refractivity contribution < 1.29 is 8.42 Å². The molecule has 2 aromatic rings. The first-order valence-electron chi connectivity index (χ1n) is 5.34. The molecule has 0 spiro atoms. The third-order valence-electron chi connectivity index (χ3n) is 2.48. The Kier molecular flexibility index (Phi) is 3.77. The lowest BCUT2D eigenvalue weighted by Gasteiger charge is -2.11. The fourth-order valence-corrected chi connectivity index (χ4v) is 2.59. The molecular formula is C12H12BrN3O2S. The third-order valence-corrected chi connectivity index (χ3v) is 4.21. The molecule has 0 saturated heterocycles. The maximum atomic E-state index is 11.4. The second kappa shape index (κ2) is 5.18. The molecule has 1 heterocycles. The van der Waals surface area contributed by atoms with Crippen LogP contribution in [0.1, 0.15) is 0 Å². The van der Waals surface area contributed by atoms with Gasteiger partial charge < -0.3 is 11.1 Å². The van der Waals surface area contributed by atoms with E-state index in [1.165, 1.54) is 12.5 Å². The summed E-state index contributed by atoms with van der Waals surface area (Å²) in [6.45, 7) is 0. The Bertz CT molecular complexity index is 679. The molecule has 1 aromatic heterocycles. The van der Waals surface area contributed by atoms with E-state index < -0.39 is 9.84 Å². The number of aromatic nitrogens is 1. The van der Waals surface area contributed by atoms with Crippen molar-refractivity contribution in [1.29, 1.82) is 0 Å². The van der Waals surface area contributed by atoms with Gasteiger partial charge in [-0.15, -0.1) is 0 Å². The van der Waals surface area contributed by atoms with Crippen molar-refractivity contribution in [2.24, 2.45) is 0 Å². The van der Waals surface area contributed by atoms with Gasteiger partial charge in [0, 0.05) is 18.1 Å². The van der Waals surface area contributed by atoms with Gasteiger partial charge >= 0.3 is 0 Å². The summed E-state index contributed by atoms with van der Waals surface area (Å²) in [4.78, 5) is 4.22. The first-order valence-corrected chi connectivity index (χ1v) is 8.02. The van der Waals surface area contributed by atoms with Crippen molar-refractivity contribution >= 4 is 42.8 Å². The normalized spacial score (nSPS) is 11.3. The van der Waals surface area contributed by atoms with E-state index in [-0.39, 0.29) is 4.90 Å². The van der Waals surface area contributed by atoms with Crippen molar-refractivity contribution in [3.63, 3.8) is 0 Å². The number of rotatable bonds is 3. The van der Waals surface area contributed by atoms with E-state index in [2.05, 4.69) is 26.2 Å².